The molecule has 1 fully saturated rings. The molecule has 1 saturated heterocycles. The first kappa shape index (κ1) is 19.4. The Morgan fingerprint density at radius 2 is 2.04 bits per heavy atom. The Morgan fingerprint density at radius 3 is 2.64 bits per heavy atom. The molecule has 0 bridgehead atoms. The third kappa shape index (κ3) is 4.78. The minimum Gasteiger partial charge on any atom is -0.497 e. The van der Waals surface area contributed by atoms with Gasteiger partial charge in [0, 0.05) is 12.6 Å². The van der Waals surface area contributed by atoms with E-state index in [2.05, 4.69) is 5.32 Å². The highest BCUT2D eigenvalue weighted by atomic mass is 19.4. The van der Waals surface area contributed by atoms with E-state index in [1.54, 1.807) is 30.0 Å². The number of anilines is 1. The van der Waals surface area contributed by atoms with Crippen molar-refractivity contribution in [2.75, 3.05) is 32.6 Å². The minimum atomic E-state index is -4.23. The molecule has 1 aliphatic rings. The number of carbonyl (C=O) groups excluding carboxylic acids is 1. The number of piperidine rings is 1. The summed E-state index contributed by atoms with van der Waals surface area (Å²) in [4.78, 5) is 14.1. The van der Waals surface area contributed by atoms with Crippen molar-refractivity contribution in [2.24, 2.45) is 5.92 Å². The summed E-state index contributed by atoms with van der Waals surface area (Å²) < 4.78 is 49.2. The van der Waals surface area contributed by atoms with Crippen molar-refractivity contribution in [2.45, 2.75) is 32.0 Å². The van der Waals surface area contributed by atoms with E-state index >= 15 is 0 Å². The van der Waals surface area contributed by atoms with Crippen LogP contribution < -0.4 is 14.8 Å². The van der Waals surface area contributed by atoms with Gasteiger partial charge in [0.2, 0.25) is 5.91 Å². The summed E-state index contributed by atoms with van der Waals surface area (Å²) in [6, 6.07) is 4.27. The van der Waals surface area contributed by atoms with Crippen LogP contribution in [0.4, 0.5) is 18.9 Å². The summed E-state index contributed by atoms with van der Waals surface area (Å²) >= 11 is 0. The molecule has 0 radical (unpaired) electrons. The SMILES string of the molecule is COc1ccc(OC)c(NC(=O)[C@H](C)N2CCC[C@H](C(F)(F)F)C2)c1. The molecule has 1 N–H and O–H groups in total. The molecule has 1 heterocycles. The second kappa shape index (κ2) is 7.95. The predicted octanol–water partition coefficient (Wildman–Crippen LogP) is 3.31. The van der Waals surface area contributed by atoms with Crippen molar-refractivity contribution in [3.05, 3.63) is 18.2 Å². The van der Waals surface area contributed by atoms with Gasteiger partial charge in [-0.2, -0.15) is 13.2 Å². The van der Waals surface area contributed by atoms with Crippen LogP contribution in [0.25, 0.3) is 0 Å². The number of amides is 1. The minimum absolute atomic E-state index is 0.109. The molecule has 2 rings (SSSR count). The summed E-state index contributed by atoms with van der Waals surface area (Å²) in [5.74, 6) is -0.774. The molecule has 2 atom stereocenters. The van der Waals surface area contributed by atoms with Gasteiger partial charge in [0.25, 0.3) is 0 Å². The quantitative estimate of drug-likeness (QED) is 0.875. The molecule has 1 aromatic rings. The lowest BCUT2D eigenvalue weighted by molar-refractivity contribution is -0.188. The van der Waals surface area contributed by atoms with Crippen molar-refractivity contribution in [1.29, 1.82) is 0 Å². The Balaban J connectivity index is 2.07. The second-order valence-corrected chi connectivity index (χ2v) is 6.11. The summed E-state index contributed by atoms with van der Waals surface area (Å²) in [7, 11) is 2.97. The topological polar surface area (TPSA) is 50.8 Å². The Kier molecular flexibility index (Phi) is 6.16. The van der Waals surface area contributed by atoms with E-state index in [1.165, 1.54) is 14.2 Å². The standard InChI is InChI=1S/C17H23F3N2O3/c1-11(22-8-4-5-12(10-22)17(18,19)20)16(23)21-14-9-13(24-2)6-7-15(14)25-3/h6-7,9,11-12H,4-5,8,10H2,1-3H3,(H,21,23)/t11-,12-/m0/s1. The first-order valence-corrected chi connectivity index (χ1v) is 8.10. The smallest absolute Gasteiger partial charge is 0.393 e. The number of carbonyl (C=O) groups is 1. The molecule has 0 aliphatic carbocycles. The van der Waals surface area contributed by atoms with Crippen molar-refractivity contribution in [3.63, 3.8) is 0 Å². The van der Waals surface area contributed by atoms with Gasteiger partial charge in [-0.3, -0.25) is 9.69 Å². The number of hydrogen-bond donors (Lipinski definition) is 1. The fraction of sp³-hybridized carbons (Fsp3) is 0.588. The Labute approximate surface area is 145 Å². The van der Waals surface area contributed by atoms with Crippen LogP contribution >= 0.6 is 0 Å². The lowest BCUT2D eigenvalue weighted by atomic mass is 9.96. The van der Waals surface area contributed by atoms with Crippen molar-refractivity contribution in [1.82, 2.24) is 4.90 Å². The van der Waals surface area contributed by atoms with Crippen molar-refractivity contribution < 1.29 is 27.4 Å². The molecule has 0 saturated carbocycles. The molecular weight excluding hydrogens is 337 g/mol. The van der Waals surface area contributed by atoms with Gasteiger partial charge in [0.1, 0.15) is 11.5 Å². The maximum atomic E-state index is 13.0. The zero-order valence-electron chi connectivity index (χ0n) is 14.5. The van der Waals surface area contributed by atoms with Crippen LogP contribution in [0.15, 0.2) is 18.2 Å². The average Bonchev–Trinajstić information content (AvgIpc) is 2.60. The monoisotopic (exact) mass is 360 g/mol. The van der Waals surface area contributed by atoms with Crippen LogP contribution in [0.5, 0.6) is 11.5 Å². The van der Waals surface area contributed by atoms with E-state index in [4.69, 9.17) is 9.47 Å². The van der Waals surface area contributed by atoms with Crippen LogP contribution in [-0.4, -0.2) is 50.3 Å². The van der Waals surface area contributed by atoms with Gasteiger partial charge in [-0.1, -0.05) is 0 Å². The van der Waals surface area contributed by atoms with Crippen LogP contribution in [0.3, 0.4) is 0 Å². The van der Waals surface area contributed by atoms with E-state index in [9.17, 15) is 18.0 Å². The molecule has 1 aliphatic heterocycles. The second-order valence-electron chi connectivity index (χ2n) is 6.11. The molecule has 1 aromatic carbocycles. The Morgan fingerprint density at radius 1 is 1.32 bits per heavy atom. The lowest BCUT2D eigenvalue weighted by Crippen LogP contribution is -2.49. The maximum Gasteiger partial charge on any atom is 0.393 e. The largest absolute Gasteiger partial charge is 0.497 e. The molecule has 25 heavy (non-hydrogen) atoms. The fourth-order valence-corrected chi connectivity index (χ4v) is 2.94. The normalized spacial score (nSPS) is 20.0. The number of halogens is 3. The number of likely N-dealkylation sites (tertiary alicyclic amines) is 1. The number of nitrogens with zero attached hydrogens (tertiary/aromatic N) is 1. The van der Waals surface area contributed by atoms with Gasteiger partial charge in [-0.05, 0) is 38.4 Å². The number of benzene rings is 1. The molecule has 140 valence electrons. The zero-order chi connectivity index (χ0) is 18.6. The maximum absolute atomic E-state index is 13.0. The van der Waals surface area contributed by atoms with E-state index in [1.807, 2.05) is 0 Å². The van der Waals surface area contributed by atoms with Crippen molar-refractivity contribution in [3.8, 4) is 11.5 Å². The first-order chi connectivity index (χ1) is 11.8. The molecule has 5 nitrogen and oxygen atoms in total. The van der Waals surface area contributed by atoms with Gasteiger partial charge < -0.3 is 14.8 Å². The molecule has 8 heteroatoms. The predicted molar refractivity (Wildman–Crippen MR) is 88.0 cm³/mol. The molecule has 0 spiro atoms. The van der Waals surface area contributed by atoms with E-state index in [0.717, 1.165) is 0 Å². The highest BCUT2D eigenvalue weighted by Crippen LogP contribution is 2.34. The van der Waals surface area contributed by atoms with Crippen LogP contribution in [-0.2, 0) is 4.79 Å². The molecule has 0 unspecified atom stereocenters. The summed E-state index contributed by atoms with van der Waals surface area (Å²) in [5.41, 5.74) is 0.420. The number of methoxy groups -OCH3 is 2. The average molecular weight is 360 g/mol. The van der Waals surface area contributed by atoms with E-state index in [-0.39, 0.29) is 18.9 Å². The van der Waals surface area contributed by atoms with Crippen molar-refractivity contribution >= 4 is 11.6 Å². The number of alkyl halides is 3. The van der Waals surface area contributed by atoms with E-state index in [0.29, 0.717) is 30.2 Å². The third-order valence-corrected chi connectivity index (χ3v) is 4.51. The summed E-state index contributed by atoms with van der Waals surface area (Å²) in [5, 5.41) is 2.72. The van der Waals surface area contributed by atoms with Crippen LogP contribution in [0.2, 0.25) is 0 Å². The first-order valence-electron chi connectivity index (χ1n) is 8.10. The molecule has 1 amide bonds. The van der Waals surface area contributed by atoms with Crippen LogP contribution in [0, 0.1) is 5.92 Å². The fourth-order valence-electron chi connectivity index (χ4n) is 2.94. The van der Waals surface area contributed by atoms with Gasteiger partial charge in [-0.25, -0.2) is 0 Å². The molecular formula is C17H23F3N2O3. The highest BCUT2D eigenvalue weighted by Gasteiger charge is 2.43. The molecule has 0 aromatic heterocycles. The number of nitrogens with one attached hydrogen (secondary N) is 1. The van der Waals surface area contributed by atoms with E-state index < -0.39 is 18.1 Å². The van der Waals surface area contributed by atoms with Crippen LogP contribution in [0.1, 0.15) is 19.8 Å². The Hall–Kier alpha value is -1.96. The van der Waals surface area contributed by atoms with Gasteiger partial charge in [0.15, 0.2) is 0 Å². The number of hydrogen-bond acceptors (Lipinski definition) is 4. The number of rotatable bonds is 5. The van der Waals surface area contributed by atoms with Gasteiger partial charge in [-0.15, -0.1) is 0 Å². The van der Waals surface area contributed by atoms with Gasteiger partial charge in [0.05, 0.1) is 31.9 Å². The Bertz CT molecular complexity index is 607. The summed E-state index contributed by atoms with van der Waals surface area (Å²) in [6.45, 7) is 1.92. The highest BCUT2D eigenvalue weighted by molar-refractivity contribution is 5.96. The third-order valence-electron chi connectivity index (χ3n) is 4.51. The van der Waals surface area contributed by atoms with Gasteiger partial charge >= 0.3 is 6.18 Å². The zero-order valence-corrected chi connectivity index (χ0v) is 14.5. The number of ether oxygens (including phenoxy) is 2. The lowest BCUT2D eigenvalue weighted by Gasteiger charge is -2.36. The summed E-state index contributed by atoms with van der Waals surface area (Å²) in [6.07, 6.45) is -3.70.